The first-order valence-electron chi connectivity index (χ1n) is 11.2. The number of ether oxygens (including phenoxy) is 1. The molecule has 8 heteroatoms. The van der Waals surface area contributed by atoms with E-state index in [1.807, 2.05) is 24.3 Å². The Morgan fingerprint density at radius 1 is 1.18 bits per heavy atom. The number of thioether (sulfide) groups is 1. The van der Waals surface area contributed by atoms with E-state index in [0.29, 0.717) is 5.92 Å². The molecule has 0 fully saturated rings. The summed E-state index contributed by atoms with van der Waals surface area (Å²) in [6.45, 7) is 4.49. The zero-order valence-electron chi connectivity index (χ0n) is 19.0. The summed E-state index contributed by atoms with van der Waals surface area (Å²) in [5.41, 5.74) is 5.83. The number of aromatic nitrogens is 3. The van der Waals surface area contributed by atoms with Crippen LogP contribution in [0.15, 0.2) is 35.6 Å². The Hall–Kier alpha value is -2.71. The highest BCUT2D eigenvalue weighted by molar-refractivity contribution is 8.00. The molecule has 5 rings (SSSR count). The average Bonchev–Trinajstić information content (AvgIpc) is 3.42. The van der Waals surface area contributed by atoms with Gasteiger partial charge < -0.3 is 10.1 Å². The summed E-state index contributed by atoms with van der Waals surface area (Å²) in [7, 11) is 1.62. The van der Waals surface area contributed by atoms with Crippen LogP contribution in [0.3, 0.4) is 0 Å². The van der Waals surface area contributed by atoms with Gasteiger partial charge in [0.2, 0.25) is 5.91 Å². The van der Waals surface area contributed by atoms with Gasteiger partial charge in [0.15, 0.2) is 0 Å². The number of hydrogen-bond donors (Lipinski definition) is 1. The van der Waals surface area contributed by atoms with E-state index in [-0.39, 0.29) is 11.7 Å². The Kier molecular flexibility index (Phi) is 6.21. The van der Waals surface area contributed by atoms with Crippen molar-refractivity contribution >= 4 is 55.1 Å². The minimum absolute atomic E-state index is 0.0729. The van der Waals surface area contributed by atoms with Gasteiger partial charge in [0.1, 0.15) is 21.9 Å². The number of benzene rings is 1. The Morgan fingerprint density at radius 3 is 2.73 bits per heavy atom. The zero-order valence-corrected chi connectivity index (χ0v) is 20.6. The number of aryl methyl sites for hydroxylation is 1. The van der Waals surface area contributed by atoms with Crippen LogP contribution in [0.1, 0.15) is 37.1 Å². The highest BCUT2D eigenvalue weighted by atomic mass is 32.2. The van der Waals surface area contributed by atoms with Gasteiger partial charge in [-0.3, -0.25) is 4.79 Å². The Labute approximate surface area is 201 Å². The lowest BCUT2D eigenvalue weighted by Crippen LogP contribution is -2.14. The number of nitrogens with one attached hydrogen (secondary N) is 1. The van der Waals surface area contributed by atoms with Crippen LogP contribution in [0.5, 0.6) is 5.75 Å². The molecule has 0 radical (unpaired) electrons. The lowest BCUT2D eigenvalue weighted by atomic mass is 9.99. The van der Waals surface area contributed by atoms with Gasteiger partial charge in [-0.25, -0.2) is 15.0 Å². The van der Waals surface area contributed by atoms with E-state index < -0.39 is 0 Å². The standard InChI is InChI=1S/C25H26N4O2S2/c1-14(2)11-19-17-5-4-6-18(17)21-22-23(33-24(21)29-19)25(27-13-26-22)32-12-20(30)28-15-7-9-16(31-3)10-8-15/h7-10,13-14H,4-6,11-12H2,1-3H3,(H,28,30). The maximum absolute atomic E-state index is 12.5. The van der Waals surface area contributed by atoms with Crippen molar-refractivity contribution in [3.05, 3.63) is 47.4 Å². The second-order valence-corrected chi connectivity index (χ2v) is 10.6. The first-order chi connectivity index (χ1) is 16.0. The number of carbonyl (C=O) groups is 1. The molecule has 1 aliphatic rings. The third-order valence-corrected chi connectivity index (χ3v) is 8.04. The van der Waals surface area contributed by atoms with Crippen LogP contribution in [0.2, 0.25) is 0 Å². The summed E-state index contributed by atoms with van der Waals surface area (Å²) in [4.78, 5) is 27.8. The first kappa shape index (κ1) is 22.1. The van der Waals surface area contributed by atoms with Crippen molar-refractivity contribution in [2.45, 2.75) is 44.6 Å². The largest absolute Gasteiger partial charge is 0.497 e. The number of rotatable bonds is 7. The second-order valence-electron chi connectivity index (χ2n) is 8.67. The third-order valence-electron chi connectivity index (χ3n) is 5.84. The van der Waals surface area contributed by atoms with Crippen LogP contribution >= 0.6 is 23.1 Å². The van der Waals surface area contributed by atoms with E-state index in [1.165, 1.54) is 40.4 Å². The average molecular weight is 479 g/mol. The molecule has 33 heavy (non-hydrogen) atoms. The number of nitrogens with zero attached hydrogens (tertiary/aromatic N) is 3. The molecule has 1 aliphatic carbocycles. The van der Waals surface area contributed by atoms with Crippen molar-refractivity contribution in [1.82, 2.24) is 15.0 Å². The molecule has 1 N–H and O–H groups in total. The quantitative estimate of drug-likeness (QED) is 0.273. The molecule has 6 nitrogen and oxygen atoms in total. The third kappa shape index (κ3) is 4.42. The molecular weight excluding hydrogens is 452 g/mol. The number of fused-ring (bicyclic) bond motifs is 5. The van der Waals surface area contributed by atoms with E-state index in [9.17, 15) is 4.79 Å². The molecule has 0 unspecified atom stereocenters. The smallest absolute Gasteiger partial charge is 0.234 e. The number of pyridine rings is 1. The fourth-order valence-electron chi connectivity index (χ4n) is 4.42. The van der Waals surface area contributed by atoms with E-state index in [4.69, 9.17) is 9.72 Å². The SMILES string of the molecule is COc1ccc(NC(=O)CSc2ncnc3c2sc2nc(CC(C)C)c4c(c23)CCC4)cc1. The maximum Gasteiger partial charge on any atom is 0.234 e. The molecule has 3 aromatic heterocycles. The zero-order chi connectivity index (χ0) is 22.9. The Balaban J connectivity index is 1.42. The van der Waals surface area contributed by atoms with Gasteiger partial charge >= 0.3 is 0 Å². The Morgan fingerprint density at radius 2 is 1.97 bits per heavy atom. The predicted molar refractivity (Wildman–Crippen MR) is 136 cm³/mol. The fraction of sp³-hybridized carbons (Fsp3) is 0.360. The van der Waals surface area contributed by atoms with Crippen molar-refractivity contribution in [2.75, 3.05) is 18.2 Å². The van der Waals surface area contributed by atoms with Crippen LogP contribution in [0, 0.1) is 5.92 Å². The van der Waals surface area contributed by atoms with Crippen LogP contribution < -0.4 is 10.1 Å². The number of methoxy groups -OCH3 is 1. The molecule has 170 valence electrons. The predicted octanol–water partition coefficient (Wildman–Crippen LogP) is 5.67. The van der Waals surface area contributed by atoms with Gasteiger partial charge in [-0.05, 0) is 67.0 Å². The lowest BCUT2D eigenvalue weighted by molar-refractivity contribution is -0.113. The fourth-order valence-corrected chi connectivity index (χ4v) is 6.47. The number of thiophene rings is 1. The minimum atomic E-state index is -0.0729. The van der Waals surface area contributed by atoms with Crippen LogP contribution in [0.4, 0.5) is 5.69 Å². The minimum Gasteiger partial charge on any atom is -0.497 e. The molecule has 0 saturated heterocycles. The second kappa shape index (κ2) is 9.27. The van der Waals surface area contributed by atoms with Gasteiger partial charge in [-0.2, -0.15) is 0 Å². The van der Waals surface area contributed by atoms with Gasteiger partial charge in [-0.1, -0.05) is 25.6 Å². The first-order valence-corrected chi connectivity index (χ1v) is 13.0. The normalized spacial score (nSPS) is 13.1. The van der Waals surface area contributed by atoms with Crippen molar-refractivity contribution in [2.24, 2.45) is 5.92 Å². The maximum atomic E-state index is 12.5. The Bertz CT molecular complexity index is 1330. The molecule has 4 aromatic rings. The molecular formula is C25H26N4O2S2. The van der Waals surface area contributed by atoms with Crippen molar-refractivity contribution in [1.29, 1.82) is 0 Å². The van der Waals surface area contributed by atoms with Gasteiger partial charge in [0, 0.05) is 16.8 Å². The van der Waals surface area contributed by atoms with Gasteiger partial charge in [0.05, 0.1) is 23.1 Å². The van der Waals surface area contributed by atoms with Crippen LogP contribution in [0.25, 0.3) is 20.4 Å². The number of hydrogen-bond acceptors (Lipinski definition) is 7. The molecule has 3 heterocycles. The molecule has 0 saturated carbocycles. The van der Waals surface area contributed by atoms with E-state index in [2.05, 4.69) is 29.1 Å². The molecule has 0 bridgehead atoms. The highest BCUT2D eigenvalue weighted by Crippen LogP contribution is 2.42. The molecule has 0 aliphatic heterocycles. The summed E-state index contributed by atoms with van der Waals surface area (Å²) < 4.78 is 6.19. The summed E-state index contributed by atoms with van der Waals surface area (Å²) >= 11 is 3.10. The highest BCUT2D eigenvalue weighted by Gasteiger charge is 2.24. The van der Waals surface area contributed by atoms with Crippen molar-refractivity contribution < 1.29 is 9.53 Å². The van der Waals surface area contributed by atoms with Crippen molar-refractivity contribution in [3.8, 4) is 5.75 Å². The molecule has 1 amide bonds. The number of anilines is 1. The lowest BCUT2D eigenvalue weighted by Gasteiger charge is -2.11. The number of amides is 1. The molecule has 0 atom stereocenters. The van der Waals surface area contributed by atoms with E-state index in [1.54, 1.807) is 24.8 Å². The summed E-state index contributed by atoms with van der Waals surface area (Å²) in [6.07, 6.45) is 5.99. The summed E-state index contributed by atoms with van der Waals surface area (Å²) in [5.74, 6) is 1.53. The topological polar surface area (TPSA) is 77.0 Å². The summed E-state index contributed by atoms with van der Waals surface area (Å²) in [6, 6.07) is 7.31. The van der Waals surface area contributed by atoms with E-state index in [0.717, 1.165) is 50.8 Å². The van der Waals surface area contributed by atoms with E-state index >= 15 is 0 Å². The monoisotopic (exact) mass is 478 g/mol. The van der Waals surface area contributed by atoms with Crippen molar-refractivity contribution in [3.63, 3.8) is 0 Å². The molecule has 0 spiro atoms. The van der Waals surface area contributed by atoms with Crippen LogP contribution in [-0.4, -0.2) is 33.7 Å². The number of carbonyl (C=O) groups excluding carboxylic acids is 1. The van der Waals surface area contributed by atoms with Gasteiger partial charge in [-0.15, -0.1) is 11.3 Å². The van der Waals surface area contributed by atoms with Crippen LogP contribution in [-0.2, 0) is 24.1 Å². The molecule has 1 aromatic carbocycles. The summed E-state index contributed by atoms with van der Waals surface area (Å²) in [5, 5.41) is 4.96. The van der Waals surface area contributed by atoms with Gasteiger partial charge in [0.25, 0.3) is 0 Å².